The molecule has 5 nitrogen and oxygen atoms in total. The summed E-state index contributed by atoms with van der Waals surface area (Å²) in [4.78, 5) is 30.9. The Labute approximate surface area is 160 Å². The van der Waals surface area contributed by atoms with E-state index in [0.717, 1.165) is 16.5 Å². The molecular formula is C22H20FN3O2. The number of amides is 1. The molecule has 28 heavy (non-hydrogen) atoms. The zero-order valence-electron chi connectivity index (χ0n) is 15.7. The van der Waals surface area contributed by atoms with Crippen molar-refractivity contribution >= 4 is 27.7 Å². The van der Waals surface area contributed by atoms with Crippen molar-refractivity contribution in [3.8, 4) is 0 Å². The fourth-order valence-electron chi connectivity index (χ4n) is 3.55. The number of hydrogen-bond donors (Lipinski definition) is 3. The summed E-state index contributed by atoms with van der Waals surface area (Å²) in [5.74, 6) is -0.680. The topological polar surface area (TPSA) is 77.8 Å². The number of nitrogens with one attached hydrogen (secondary N) is 3. The van der Waals surface area contributed by atoms with Crippen LogP contribution in [0.4, 0.5) is 4.39 Å². The van der Waals surface area contributed by atoms with Gasteiger partial charge in [-0.2, -0.15) is 0 Å². The fourth-order valence-corrected chi connectivity index (χ4v) is 3.55. The van der Waals surface area contributed by atoms with E-state index in [1.54, 1.807) is 13.0 Å². The van der Waals surface area contributed by atoms with Gasteiger partial charge in [-0.25, -0.2) is 4.39 Å². The molecule has 0 saturated heterocycles. The van der Waals surface area contributed by atoms with Crippen LogP contribution in [-0.4, -0.2) is 22.4 Å². The molecule has 6 heteroatoms. The molecule has 1 amide bonds. The monoisotopic (exact) mass is 377 g/mol. The molecule has 0 aliphatic carbocycles. The van der Waals surface area contributed by atoms with E-state index in [0.29, 0.717) is 40.7 Å². The average Bonchev–Trinajstić information content (AvgIpc) is 2.97. The van der Waals surface area contributed by atoms with E-state index in [1.165, 1.54) is 12.1 Å². The normalized spacial score (nSPS) is 11.2. The second-order valence-corrected chi connectivity index (χ2v) is 7.04. The SMILES string of the molecule is Cc1ccc2[nH]c(=O)c(CCNC(=O)c3c(C)[nH]c4ccc(F)cc34)cc2c1. The first-order chi connectivity index (χ1) is 13.4. The molecule has 2 aromatic carbocycles. The number of pyridine rings is 1. The van der Waals surface area contributed by atoms with Crippen LogP contribution in [0.2, 0.25) is 0 Å². The molecule has 4 aromatic rings. The average molecular weight is 377 g/mol. The summed E-state index contributed by atoms with van der Waals surface area (Å²) >= 11 is 0. The number of aromatic nitrogens is 2. The molecule has 3 N–H and O–H groups in total. The van der Waals surface area contributed by atoms with Crippen LogP contribution in [0, 0.1) is 19.7 Å². The van der Waals surface area contributed by atoms with Crippen molar-refractivity contribution in [3.63, 3.8) is 0 Å². The van der Waals surface area contributed by atoms with E-state index >= 15 is 0 Å². The molecular weight excluding hydrogens is 357 g/mol. The lowest BCUT2D eigenvalue weighted by atomic mass is 10.1. The van der Waals surface area contributed by atoms with Crippen LogP contribution in [-0.2, 0) is 6.42 Å². The largest absolute Gasteiger partial charge is 0.358 e. The van der Waals surface area contributed by atoms with Gasteiger partial charge >= 0.3 is 0 Å². The summed E-state index contributed by atoms with van der Waals surface area (Å²) in [6.07, 6.45) is 0.403. The summed E-state index contributed by atoms with van der Waals surface area (Å²) in [5, 5.41) is 4.35. The highest BCUT2D eigenvalue weighted by Crippen LogP contribution is 2.23. The molecule has 0 fully saturated rings. The number of aryl methyl sites for hydroxylation is 2. The van der Waals surface area contributed by atoms with Gasteiger partial charge in [0.25, 0.3) is 11.5 Å². The van der Waals surface area contributed by atoms with Crippen molar-refractivity contribution in [2.75, 3.05) is 6.54 Å². The summed E-state index contributed by atoms with van der Waals surface area (Å²) in [6.45, 7) is 4.08. The lowest BCUT2D eigenvalue weighted by Gasteiger charge is -2.07. The van der Waals surface area contributed by atoms with Crippen LogP contribution >= 0.6 is 0 Å². The van der Waals surface area contributed by atoms with Crippen molar-refractivity contribution in [1.29, 1.82) is 0 Å². The number of H-pyrrole nitrogens is 2. The molecule has 0 unspecified atom stereocenters. The zero-order chi connectivity index (χ0) is 19.8. The highest BCUT2D eigenvalue weighted by Gasteiger charge is 2.16. The van der Waals surface area contributed by atoms with E-state index in [1.807, 2.05) is 31.2 Å². The fraction of sp³-hybridized carbons (Fsp3) is 0.182. The van der Waals surface area contributed by atoms with Gasteiger partial charge < -0.3 is 15.3 Å². The summed E-state index contributed by atoms with van der Waals surface area (Å²) in [6, 6.07) is 12.0. The van der Waals surface area contributed by atoms with E-state index in [4.69, 9.17) is 0 Å². The Kier molecular flexibility index (Phi) is 4.47. The van der Waals surface area contributed by atoms with Crippen LogP contribution in [0.5, 0.6) is 0 Å². The maximum absolute atomic E-state index is 13.6. The minimum Gasteiger partial charge on any atom is -0.358 e. The lowest BCUT2D eigenvalue weighted by molar-refractivity contribution is 0.0955. The van der Waals surface area contributed by atoms with E-state index in [2.05, 4.69) is 15.3 Å². The molecule has 0 radical (unpaired) electrons. The van der Waals surface area contributed by atoms with Crippen molar-refractivity contribution in [2.24, 2.45) is 0 Å². The molecule has 2 aromatic heterocycles. The van der Waals surface area contributed by atoms with Gasteiger partial charge in [-0.05, 0) is 62.1 Å². The van der Waals surface area contributed by atoms with Gasteiger partial charge in [0.05, 0.1) is 5.56 Å². The summed E-state index contributed by atoms with van der Waals surface area (Å²) < 4.78 is 13.6. The van der Waals surface area contributed by atoms with Gasteiger partial charge in [-0.3, -0.25) is 9.59 Å². The Bertz CT molecular complexity index is 1270. The Balaban J connectivity index is 1.53. The van der Waals surface area contributed by atoms with Gasteiger partial charge in [0.2, 0.25) is 0 Å². The molecule has 142 valence electrons. The number of halogens is 1. The predicted molar refractivity (Wildman–Crippen MR) is 108 cm³/mol. The van der Waals surface area contributed by atoms with Crippen molar-refractivity contribution < 1.29 is 9.18 Å². The number of hydrogen-bond acceptors (Lipinski definition) is 2. The number of fused-ring (bicyclic) bond motifs is 2. The van der Waals surface area contributed by atoms with Crippen LogP contribution in [0.3, 0.4) is 0 Å². The maximum Gasteiger partial charge on any atom is 0.253 e. The number of carbonyl (C=O) groups is 1. The molecule has 4 rings (SSSR count). The van der Waals surface area contributed by atoms with Crippen LogP contribution in [0.25, 0.3) is 21.8 Å². The predicted octanol–water partition coefficient (Wildman–Crippen LogP) is 3.74. The second-order valence-electron chi connectivity index (χ2n) is 7.04. The minimum absolute atomic E-state index is 0.157. The van der Waals surface area contributed by atoms with Gasteiger partial charge in [0.1, 0.15) is 5.82 Å². The Hall–Kier alpha value is -3.41. The Morgan fingerprint density at radius 2 is 1.82 bits per heavy atom. The molecule has 0 atom stereocenters. The minimum atomic E-state index is -0.390. The van der Waals surface area contributed by atoms with Crippen molar-refractivity contribution in [1.82, 2.24) is 15.3 Å². The van der Waals surface area contributed by atoms with E-state index in [9.17, 15) is 14.0 Å². The first-order valence-corrected chi connectivity index (χ1v) is 9.11. The number of aromatic amines is 2. The molecule has 0 bridgehead atoms. The third-order valence-corrected chi connectivity index (χ3v) is 4.93. The third-order valence-electron chi connectivity index (χ3n) is 4.93. The second kappa shape index (κ2) is 6.96. The summed E-state index contributed by atoms with van der Waals surface area (Å²) in [7, 11) is 0. The Morgan fingerprint density at radius 1 is 1.04 bits per heavy atom. The first-order valence-electron chi connectivity index (χ1n) is 9.11. The van der Waals surface area contributed by atoms with Crippen LogP contribution < -0.4 is 10.9 Å². The van der Waals surface area contributed by atoms with Crippen LogP contribution in [0.1, 0.15) is 27.2 Å². The maximum atomic E-state index is 13.6. The van der Waals surface area contributed by atoms with E-state index in [-0.39, 0.29) is 11.5 Å². The smallest absolute Gasteiger partial charge is 0.253 e. The first kappa shape index (κ1) is 18.0. The number of carbonyl (C=O) groups excluding carboxylic acids is 1. The molecule has 0 aliphatic rings. The van der Waals surface area contributed by atoms with Gasteiger partial charge in [-0.1, -0.05) is 11.6 Å². The zero-order valence-corrected chi connectivity index (χ0v) is 15.7. The number of rotatable bonds is 4. The molecule has 0 spiro atoms. The van der Waals surface area contributed by atoms with E-state index < -0.39 is 5.82 Å². The lowest BCUT2D eigenvalue weighted by Crippen LogP contribution is -2.27. The molecule has 0 saturated carbocycles. The van der Waals surface area contributed by atoms with Crippen LogP contribution in [0.15, 0.2) is 47.3 Å². The molecule has 2 heterocycles. The van der Waals surface area contributed by atoms with Crippen molar-refractivity contribution in [2.45, 2.75) is 20.3 Å². The Morgan fingerprint density at radius 3 is 2.64 bits per heavy atom. The van der Waals surface area contributed by atoms with Gasteiger partial charge in [0, 0.05) is 34.2 Å². The third kappa shape index (κ3) is 3.29. The van der Waals surface area contributed by atoms with Crippen molar-refractivity contribution in [3.05, 3.63) is 81.0 Å². The standard InChI is InChI=1S/C22H20FN3O2/c1-12-3-5-18-15(9-12)10-14(21(27)26-18)7-8-24-22(28)20-13(2)25-19-6-4-16(23)11-17(19)20/h3-6,9-11,25H,7-8H2,1-2H3,(H,24,28)(H,26,27). The quantitative estimate of drug-likeness (QED) is 0.507. The van der Waals surface area contributed by atoms with Gasteiger partial charge in [-0.15, -0.1) is 0 Å². The van der Waals surface area contributed by atoms with Gasteiger partial charge in [0.15, 0.2) is 0 Å². The highest BCUT2D eigenvalue weighted by molar-refractivity contribution is 6.08. The molecule has 0 aliphatic heterocycles. The highest BCUT2D eigenvalue weighted by atomic mass is 19.1. The summed E-state index contributed by atoms with van der Waals surface area (Å²) in [5.41, 5.74) is 4.18. The number of benzene rings is 2.